The highest BCUT2D eigenvalue weighted by atomic mass is 79.9. The fourth-order valence-electron chi connectivity index (χ4n) is 0.746. The molecule has 2 N–H and O–H groups in total. The van der Waals surface area contributed by atoms with Crippen molar-refractivity contribution in [2.75, 3.05) is 0 Å². The lowest BCUT2D eigenvalue weighted by molar-refractivity contribution is -0.385. The lowest BCUT2D eigenvalue weighted by Crippen LogP contribution is -2.14. The molecule has 13 heavy (non-hydrogen) atoms. The molecule has 0 aliphatic carbocycles. The van der Waals surface area contributed by atoms with E-state index in [4.69, 9.17) is 5.73 Å². The number of carbonyl (C=O) groups excluding carboxylic acids is 1. The highest BCUT2D eigenvalue weighted by molar-refractivity contribution is 9.10. The van der Waals surface area contributed by atoms with Crippen LogP contribution in [0.5, 0.6) is 0 Å². The van der Waals surface area contributed by atoms with E-state index in [2.05, 4.69) is 20.9 Å². The first-order chi connectivity index (χ1) is 6.04. The van der Waals surface area contributed by atoms with E-state index in [9.17, 15) is 14.9 Å². The normalized spacial score (nSPS) is 9.62. The van der Waals surface area contributed by atoms with Gasteiger partial charge in [0.05, 0.1) is 4.92 Å². The van der Waals surface area contributed by atoms with Crippen LogP contribution in [0, 0.1) is 10.1 Å². The van der Waals surface area contributed by atoms with Crippen LogP contribution in [-0.2, 0) is 0 Å². The molecule has 0 unspecified atom stereocenters. The molecule has 68 valence electrons. The smallest absolute Gasteiger partial charge is 0.287 e. The summed E-state index contributed by atoms with van der Waals surface area (Å²) >= 11 is 2.88. The van der Waals surface area contributed by atoms with Crippen LogP contribution in [0.2, 0.25) is 0 Å². The van der Waals surface area contributed by atoms with Crippen molar-refractivity contribution in [3.63, 3.8) is 0 Å². The van der Waals surface area contributed by atoms with E-state index in [1.807, 2.05) is 0 Å². The lowest BCUT2D eigenvalue weighted by Gasteiger charge is -1.98. The number of carbonyl (C=O) groups is 1. The molecule has 0 atom stereocenters. The molecule has 1 amide bonds. The second-order valence-electron chi connectivity index (χ2n) is 2.11. The molecule has 1 aromatic rings. The summed E-state index contributed by atoms with van der Waals surface area (Å²) in [6.45, 7) is 0. The molecule has 0 aliphatic heterocycles. The van der Waals surface area contributed by atoms with Crippen LogP contribution in [0.1, 0.15) is 10.5 Å². The van der Waals surface area contributed by atoms with Gasteiger partial charge in [0.1, 0.15) is 10.2 Å². The van der Waals surface area contributed by atoms with Crippen LogP contribution >= 0.6 is 15.9 Å². The number of nitrogens with two attached hydrogens (primary N) is 1. The van der Waals surface area contributed by atoms with Crippen LogP contribution in [0.15, 0.2) is 16.7 Å². The molecule has 0 bridgehead atoms. The van der Waals surface area contributed by atoms with E-state index < -0.39 is 10.8 Å². The van der Waals surface area contributed by atoms with Crippen LogP contribution < -0.4 is 5.73 Å². The Hall–Kier alpha value is -1.50. The summed E-state index contributed by atoms with van der Waals surface area (Å²) in [6.07, 6.45) is 1.16. The number of hydrogen-bond donors (Lipinski definition) is 1. The van der Waals surface area contributed by atoms with E-state index in [1.165, 1.54) is 6.07 Å². The second-order valence-corrected chi connectivity index (χ2v) is 2.91. The molecule has 0 fully saturated rings. The van der Waals surface area contributed by atoms with Gasteiger partial charge in [0, 0.05) is 12.3 Å². The van der Waals surface area contributed by atoms with Crippen molar-refractivity contribution in [3.05, 3.63) is 32.5 Å². The minimum absolute atomic E-state index is 0.00694. The summed E-state index contributed by atoms with van der Waals surface area (Å²) in [5.41, 5.74) is 4.55. The van der Waals surface area contributed by atoms with Crippen molar-refractivity contribution in [1.29, 1.82) is 0 Å². The highest BCUT2D eigenvalue weighted by Gasteiger charge is 2.18. The maximum Gasteiger partial charge on any atom is 0.287 e. The van der Waals surface area contributed by atoms with Crippen molar-refractivity contribution >= 4 is 27.5 Å². The van der Waals surface area contributed by atoms with Crippen molar-refractivity contribution in [3.8, 4) is 0 Å². The molecule has 1 heterocycles. The molecule has 0 aromatic carbocycles. The summed E-state index contributed by atoms with van der Waals surface area (Å²) < 4.78 is 0.00694. The Morgan fingerprint density at radius 1 is 1.69 bits per heavy atom. The van der Waals surface area contributed by atoms with E-state index in [1.54, 1.807) is 0 Å². The summed E-state index contributed by atoms with van der Waals surface area (Å²) in [5.74, 6) is -0.810. The Kier molecular flexibility index (Phi) is 2.57. The molecule has 0 spiro atoms. The topological polar surface area (TPSA) is 99.1 Å². The molecule has 6 nitrogen and oxygen atoms in total. The average Bonchev–Trinajstić information content (AvgIpc) is 2.03. The number of nitrogens with zero attached hydrogens (tertiary/aromatic N) is 2. The van der Waals surface area contributed by atoms with E-state index >= 15 is 0 Å². The van der Waals surface area contributed by atoms with Crippen LogP contribution in [-0.4, -0.2) is 15.8 Å². The minimum Gasteiger partial charge on any atom is -0.364 e. The first-order valence-corrected chi connectivity index (χ1v) is 3.92. The van der Waals surface area contributed by atoms with Crippen LogP contribution in [0.25, 0.3) is 0 Å². The predicted octanol–water partition coefficient (Wildman–Crippen LogP) is 0.851. The fourth-order valence-corrected chi connectivity index (χ4v) is 1.32. The minimum atomic E-state index is -0.810. The second kappa shape index (κ2) is 3.48. The third kappa shape index (κ3) is 1.81. The lowest BCUT2D eigenvalue weighted by atomic mass is 10.3. The molecule has 0 saturated carbocycles. The third-order valence-electron chi connectivity index (χ3n) is 1.30. The summed E-state index contributed by atoms with van der Waals surface area (Å²) in [7, 11) is 0. The Balaban J connectivity index is 3.35. The maximum absolute atomic E-state index is 10.7. The number of pyridine rings is 1. The van der Waals surface area contributed by atoms with Gasteiger partial charge in [0.25, 0.3) is 11.6 Å². The van der Waals surface area contributed by atoms with Gasteiger partial charge in [-0.1, -0.05) is 0 Å². The van der Waals surface area contributed by atoms with E-state index in [-0.39, 0.29) is 15.9 Å². The first kappa shape index (κ1) is 9.59. The van der Waals surface area contributed by atoms with E-state index in [0.717, 1.165) is 6.20 Å². The van der Waals surface area contributed by atoms with Crippen molar-refractivity contribution < 1.29 is 9.72 Å². The molecule has 0 saturated heterocycles. The molecule has 1 aromatic heterocycles. The Bertz CT molecular complexity index is 347. The summed E-state index contributed by atoms with van der Waals surface area (Å²) in [6, 6.07) is 1.18. The average molecular weight is 246 g/mol. The van der Waals surface area contributed by atoms with Gasteiger partial charge in [-0.25, -0.2) is 4.98 Å². The number of primary amides is 1. The van der Waals surface area contributed by atoms with Gasteiger partial charge in [-0.3, -0.25) is 14.9 Å². The van der Waals surface area contributed by atoms with Crippen molar-refractivity contribution in [2.45, 2.75) is 0 Å². The number of rotatable bonds is 2. The molecular weight excluding hydrogens is 242 g/mol. The third-order valence-corrected chi connectivity index (χ3v) is 2.08. The molecule has 0 radical (unpaired) electrons. The zero-order valence-corrected chi connectivity index (χ0v) is 7.82. The highest BCUT2D eigenvalue weighted by Crippen LogP contribution is 2.25. The Morgan fingerprint density at radius 3 is 2.77 bits per heavy atom. The fraction of sp³-hybridized carbons (Fsp3) is 0. The van der Waals surface area contributed by atoms with Gasteiger partial charge in [0.2, 0.25) is 0 Å². The van der Waals surface area contributed by atoms with Gasteiger partial charge in [-0.15, -0.1) is 0 Å². The Labute approximate surface area is 81.0 Å². The van der Waals surface area contributed by atoms with Gasteiger partial charge in [0.15, 0.2) is 0 Å². The van der Waals surface area contributed by atoms with E-state index in [0.29, 0.717) is 0 Å². The molecule has 1 rings (SSSR count). The van der Waals surface area contributed by atoms with Crippen LogP contribution in [0.4, 0.5) is 5.69 Å². The van der Waals surface area contributed by atoms with Crippen LogP contribution in [0.3, 0.4) is 0 Å². The molecular formula is C6H4BrN3O3. The van der Waals surface area contributed by atoms with Crippen molar-refractivity contribution in [1.82, 2.24) is 4.98 Å². The monoisotopic (exact) mass is 245 g/mol. The van der Waals surface area contributed by atoms with Gasteiger partial charge >= 0.3 is 0 Å². The summed E-state index contributed by atoms with van der Waals surface area (Å²) in [4.78, 5) is 24.1. The van der Waals surface area contributed by atoms with Gasteiger partial charge < -0.3 is 5.73 Å². The van der Waals surface area contributed by atoms with Gasteiger partial charge in [-0.2, -0.15) is 0 Å². The quantitative estimate of drug-likeness (QED) is 0.617. The standard InChI is InChI=1S/C6H4BrN3O3/c7-4-3(10(12)13)1-2-9-5(4)6(8)11/h1-2H,(H2,8,11). The number of aromatic nitrogens is 1. The zero-order valence-electron chi connectivity index (χ0n) is 6.23. The summed E-state index contributed by atoms with van der Waals surface area (Å²) in [5, 5.41) is 10.4. The largest absolute Gasteiger partial charge is 0.364 e. The molecule has 0 aliphatic rings. The SMILES string of the molecule is NC(=O)c1nccc([N+](=O)[O-])c1Br. The maximum atomic E-state index is 10.7. The zero-order chi connectivity index (χ0) is 10.0. The number of halogens is 1. The molecule has 7 heteroatoms. The number of hydrogen-bond acceptors (Lipinski definition) is 4. The predicted molar refractivity (Wildman–Crippen MR) is 47.1 cm³/mol. The van der Waals surface area contributed by atoms with Crippen molar-refractivity contribution in [2.24, 2.45) is 5.73 Å². The number of nitro groups is 1. The first-order valence-electron chi connectivity index (χ1n) is 3.12. The number of amides is 1. The Morgan fingerprint density at radius 2 is 2.31 bits per heavy atom. The van der Waals surface area contributed by atoms with Gasteiger partial charge in [-0.05, 0) is 15.9 Å².